The summed E-state index contributed by atoms with van der Waals surface area (Å²) in [5, 5.41) is 0.418. The lowest BCUT2D eigenvalue weighted by Crippen LogP contribution is -2.23. The molecule has 0 fully saturated rings. The second kappa shape index (κ2) is 5.53. The predicted octanol–water partition coefficient (Wildman–Crippen LogP) is 3.04. The summed E-state index contributed by atoms with van der Waals surface area (Å²) in [5.41, 5.74) is 1.32. The van der Waals surface area contributed by atoms with Crippen LogP contribution in [0.3, 0.4) is 0 Å². The van der Waals surface area contributed by atoms with E-state index in [0.717, 1.165) is 18.4 Å². The minimum absolute atomic E-state index is 0.211. The van der Waals surface area contributed by atoms with Crippen molar-refractivity contribution in [2.75, 3.05) is 6.61 Å². The van der Waals surface area contributed by atoms with Crippen LogP contribution in [-0.2, 0) is 16.0 Å². The summed E-state index contributed by atoms with van der Waals surface area (Å²) >= 11 is 5.99. The summed E-state index contributed by atoms with van der Waals surface area (Å²) in [6.07, 6.45) is 2.18. The Kier molecular flexibility index (Phi) is 4.02. The normalized spacial score (nSPS) is 17.7. The molecule has 1 aliphatic carbocycles. The van der Waals surface area contributed by atoms with Gasteiger partial charge in [0.25, 0.3) is 0 Å². The number of carbonyl (C=O) groups excluding carboxylic acids is 2. The van der Waals surface area contributed by atoms with E-state index in [1.54, 1.807) is 12.1 Å². The van der Waals surface area contributed by atoms with E-state index < -0.39 is 11.9 Å². The number of unbranched alkanes of at least 4 members (excludes halogenated alkanes) is 1. The van der Waals surface area contributed by atoms with E-state index >= 15 is 0 Å². The third kappa shape index (κ3) is 2.41. The number of esters is 1. The Bertz CT molecular complexity index is 482. The predicted molar refractivity (Wildman–Crippen MR) is 68.8 cm³/mol. The molecule has 3 nitrogen and oxygen atoms in total. The Balaban J connectivity index is 2.09. The molecule has 0 heterocycles. The molecule has 96 valence electrons. The van der Waals surface area contributed by atoms with Crippen molar-refractivity contribution >= 4 is 23.4 Å². The van der Waals surface area contributed by atoms with Crippen molar-refractivity contribution in [3.8, 4) is 0 Å². The molecule has 2 rings (SSSR count). The minimum atomic E-state index is -0.711. The summed E-state index contributed by atoms with van der Waals surface area (Å²) < 4.78 is 5.11. The quantitative estimate of drug-likeness (QED) is 0.478. The zero-order valence-electron chi connectivity index (χ0n) is 10.2. The number of Topliss-reactive ketones (excluding diaryl/α,β-unsaturated/α-hetero) is 1. The average Bonchev–Trinajstić information content (AvgIpc) is 2.68. The van der Waals surface area contributed by atoms with Crippen LogP contribution in [0.4, 0.5) is 0 Å². The van der Waals surface area contributed by atoms with Gasteiger partial charge in [0, 0.05) is 5.56 Å². The Labute approximate surface area is 111 Å². The maximum atomic E-state index is 12.1. The fraction of sp³-hybridized carbons (Fsp3) is 0.429. The van der Waals surface area contributed by atoms with Crippen molar-refractivity contribution in [2.45, 2.75) is 26.2 Å². The third-order valence-electron chi connectivity index (χ3n) is 3.11. The number of carbonyl (C=O) groups is 2. The van der Waals surface area contributed by atoms with Gasteiger partial charge < -0.3 is 4.74 Å². The molecule has 0 saturated carbocycles. The maximum absolute atomic E-state index is 12.1. The van der Waals surface area contributed by atoms with Gasteiger partial charge in [0.1, 0.15) is 5.92 Å². The zero-order valence-corrected chi connectivity index (χ0v) is 11.0. The highest BCUT2D eigenvalue weighted by molar-refractivity contribution is 6.35. The highest BCUT2D eigenvalue weighted by Gasteiger charge is 2.38. The van der Waals surface area contributed by atoms with Crippen LogP contribution in [0.25, 0.3) is 0 Å². The van der Waals surface area contributed by atoms with E-state index in [0.29, 0.717) is 23.6 Å². The third-order valence-corrected chi connectivity index (χ3v) is 3.43. The first-order valence-corrected chi connectivity index (χ1v) is 6.51. The number of hydrogen-bond acceptors (Lipinski definition) is 3. The highest BCUT2D eigenvalue weighted by atomic mass is 35.5. The molecule has 0 aliphatic heterocycles. The number of ketones is 1. The summed E-state index contributed by atoms with van der Waals surface area (Å²) in [4.78, 5) is 23.9. The highest BCUT2D eigenvalue weighted by Crippen LogP contribution is 2.32. The first-order chi connectivity index (χ1) is 8.65. The largest absolute Gasteiger partial charge is 0.465 e. The molecule has 1 aliphatic rings. The molecular formula is C14H15ClO3. The molecule has 0 N–H and O–H groups in total. The Morgan fingerprint density at radius 3 is 2.94 bits per heavy atom. The van der Waals surface area contributed by atoms with Gasteiger partial charge in [-0.15, -0.1) is 0 Å². The van der Waals surface area contributed by atoms with Gasteiger partial charge in [0.05, 0.1) is 11.6 Å². The zero-order chi connectivity index (χ0) is 13.1. The molecular weight excluding hydrogens is 252 g/mol. The van der Waals surface area contributed by atoms with E-state index in [9.17, 15) is 9.59 Å². The van der Waals surface area contributed by atoms with Gasteiger partial charge in [0.15, 0.2) is 5.78 Å². The van der Waals surface area contributed by atoms with Crippen molar-refractivity contribution in [2.24, 2.45) is 5.92 Å². The monoisotopic (exact) mass is 266 g/mol. The van der Waals surface area contributed by atoms with Crippen LogP contribution in [0, 0.1) is 5.92 Å². The molecule has 0 radical (unpaired) electrons. The van der Waals surface area contributed by atoms with Crippen LogP contribution in [0.1, 0.15) is 35.7 Å². The van der Waals surface area contributed by atoms with E-state index in [1.165, 1.54) is 0 Å². The summed E-state index contributed by atoms with van der Waals surface area (Å²) in [6, 6.07) is 5.29. The molecule has 1 aromatic rings. The molecule has 1 aromatic carbocycles. The van der Waals surface area contributed by atoms with Crippen LogP contribution in [0.5, 0.6) is 0 Å². The summed E-state index contributed by atoms with van der Waals surface area (Å²) in [7, 11) is 0. The Morgan fingerprint density at radius 1 is 1.50 bits per heavy atom. The van der Waals surface area contributed by atoms with Gasteiger partial charge in [0.2, 0.25) is 0 Å². The number of halogens is 1. The lowest BCUT2D eigenvalue weighted by atomic mass is 10.1. The van der Waals surface area contributed by atoms with Crippen molar-refractivity contribution in [3.05, 3.63) is 34.3 Å². The molecule has 1 atom stereocenters. The molecule has 0 amide bonds. The van der Waals surface area contributed by atoms with Crippen LogP contribution in [0.2, 0.25) is 5.02 Å². The topological polar surface area (TPSA) is 43.4 Å². The number of fused-ring (bicyclic) bond motifs is 1. The smallest absolute Gasteiger partial charge is 0.317 e. The molecule has 0 saturated heterocycles. The maximum Gasteiger partial charge on any atom is 0.317 e. The van der Waals surface area contributed by atoms with Crippen LogP contribution >= 0.6 is 11.6 Å². The fourth-order valence-electron chi connectivity index (χ4n) is 2.11. The van der Waals surface area contributed by atoms with E-state index in [-0.39, 0.29) is 5.78 Å². The SMILES string of the molecule is CCCCOC(=O)C1Cc2cccc(Cl)c2C1=O. The van der Waals surface area contributed by atoms with Crippen LogP contribution in [0.15, 0.2) is 18.2 Å². The van der Waals surface area contributed by atoms with Gasteiger partial charge in [-0.25, -0.2) is 0 Å². The van der Waals surface area contributed by atoms with Gasteiger partial charge in [-0.05, 0) is 24.5 Å². The second-order valence-corrected chi connectivity index (χ2v) is 4.82. The molecule has 4 heteroatoms. The number of ether oxygens (including phenoxy) is 1. The molecule has 0 bridgehead atoms. The van der Waals surface area contributed by atoms with Crippen LogP contribution in [-0.4, -0.2) is 18.4 Å². The van der Waals surface area contributed by atoms with Gasteiger partial charge in [-0.3, -0.25) is 9.59 Å². The van der Waals surface area contributed by atoms with Gasteiger partial charge in [-0.2, -0.15) is 0 Å². The minimum Gasteiger partial charge on any atom is -0.465 e. The van der Waals surface area contributed by atoms with Gasteiger partial charge >= 0.3 is 5.97 Å². The van der Waals surface area contributed by atoms with E-state index in [4.69, 9.17) is 16.3 Å². The van der Waals surface area contributed by atoms with Gasteiger partial charge in [-0.1, -0.05) is 37.1 Å². The lowest BCUT2D eigenvalue weighted by molar-refractivity contribution is -0.146. The number of rotatable bonds is 4. The molecule has 1 unspecified atom stereocenters. The second-order valence-electron chi connectivity index (χ2n) is 4.42. The number of benzene rings is 1. The first kappa shape index (κ1) is 13.1. The number of hydrogen-bond donors (Lipinski definition) is 0. The summed E-state index contributed by atoms with van der Waals surface area (Å²) in [6.45, 7) is 2.40. The fourth-order valence-corrected chi connectivity index (χ4v) is 2.40. The Morgan fingerprint density at radius 2 is 2.28 bits per heavy atom. The standard InChI is InChI=1S/C14H15ClO3/c1-2-3-7-18-14(17)10-8-9-5-4-6-11(15)12(9)13(10)16/h4-6,10H,2-3,7-8H2,1H3. The van der Waals surface area contributed by atoms with Crippen molar-refractivity contribution in [1.82, 2.24) is 0 Å². The van der Waals surface area contributed by atoms with E-state index in [2.05, 4.69) is 0 Å². The molecule has 0 aromatic heterocycles. The van der Waals surface area contributed by atoms with Crippen molar-refractivity contribution in [1.29, 1.82) is 0 Å². The van der Waals surface area contributed by atoms with Crippen molar-refractivity contribution < 1.29 is 14.3 Å². The average molecular weight is 267 g/mol. The summed E-state index contributed by atoms with van der Waals surface area (Å²) in [5.74, 6) is -1.35. The first-order valence-electron chi connectivity index (χ1n) is 6.13. The van der Waals surface area contributed by atoms with E-state index in [1.807, 2.05) is 13.0 Å². The van der Waals surface area contributed by atoms with Crippen molar-refractivity contribution in [3.63, 3.8) is 0 Å². The Hall–Kier alpha value is -1.35. The van der Waals surface area contributed by atoms with Crippen LogP contribution < -0.4 is 0 Å². The lowest BCUT2D eigenvalue weighted by Gasteiger charge is -2.08. The molecule has 0 spiro atoms. The molecule has 18 heavy (non-hydrogen) atoms.